The predicted molar refractivity (Wildman–Crippen MR) is 92.5 cm³/mol. The summed E-state index contributed by atoms with van der Waals surface area (Å²) in [5.41, 5.74) is 4.46. The van der Waals surface area contributed by atoms with Gasteiger partial charge in [-0.15, -0.1) is 0 Å². The number of rotatable bonds is 3. The Hall–Kier alpha value is -2.40. The van der Waals surface area contributed by atoms with Crippen LogP contribution in [0.25, 0.3) is 11.5 Å². The number of fused-ring (bicyclic) bond motifs is 1. The van der Waals surface area contributed by atoms with Gasteiger partial charge in [0.25, 0.3) is 0 Å². The molecule has 0 N–H and O–H groups in total. The number of oxazole rings is 1. The van der Waals surface area contributed by atoms with E-state index < -0.39 is 0 Å². The van der Waals surface area contributed by atoms with Crippen molar-refractivity contribution in [2.75, 3.05) is 6.54 Å². The molecule has 3 heterocycles. The highest BCUT2D eigenvalue weighted by molar-refractivity contribution is 5.53. The zero-order chi connectivity index (χ0) is 16.7. The van der Waals surface area contributed by atoms with Crippen LogP contribution < -0.4 is 0 Å². The van der Waals surface area contributed by atoms with Crippen LogP contribution in [0.4, 0.5) is 0 Å². The molecule has 0 spiro atoms. The van der Waals surface area contributed by atoms with Crippen molar-refractivity contribution in [2.45, 2.75) is 40.4 Å². The van der Waals surface area contributed by atoms with Crippen molar-refractivity contribution in [1.82, 2.24) is 19.4 Å². The van der Waals surface area contributed by atoms with E-state index in [0.29, 0.717) is 5.89 Å². The molecule has 0 saturated carbocycles. The Labute approximate surface area is 142 Å². The molecule has 0 bridgehead atoms. The van der Waals surface area contributed by atoms with Gasteiger partial charge in [0.15, 0.2) is 0 Å². The molecule has 2 aromatic heterocycles. The second-order valence-corrected chi connectivity index (χ2v) is 6.45. The van der Waals surface area contributed by atoms with Crippen LogP contribution in [0.2, 0.25) is 0 Å². The zero-order valence-electron chi connectivity index (χ0n) is 14.4. The third-order valence-electron chi connectivity index (χ3n) is 4.83. The predicted octanol–water partition coefficient (Wildman–Crippen LogP) is 3.48. The summed E-state index contributed by atoms with van der Waals surface area (Å²) < 4.78 is 8.21. The van der Waals surface area contributed by atoms with Gasteiger partial charge in [-0.2, -0.15) is 0 Å². The largest absolute Gasteiger partial charge is 0.441 e. The van der Waals surface area contributed by atoms with E-state index in [-0.39, 0.29) is 0 Å². The van der Waals surface area contributed by atoms with Gasteiger partial charge < -0.3 is 8.98 Å². The fraction of sp³-hybridized carbons (Fsp3) is 0.368. The Balaban J connectivity index is 1.53. The van der Waals surface area contributed by atoms with Crippen LogP contribution in [-0.2, 0) is 19.6 Å². The first-order valence-corrected chi connectivity index (χ1v) is 8.38. The molecule has 4 rings (SSSR count). The third-order valence-corrected chi connectivity index (χ3v) is 4.83. The molecule has 1 aromatic carbocycles. The molecule has 0 unspecified atom stereocenters. The Bertz CT molecular complexity index is 863. The van der Waals surface area contributed by atoms with E-state index in [2.05, 4.69) is 23.3 Å². The number of aromatic nitrogens is 3. The van der Waals surface area contributed by atoms with Gasteiger partial charge in [-0.1, -0.05) is 18.2 Å². The maximum Gasteiger partial charge on any atom is 0.226 e. The van der Waals surface area contributed by atoms with Crippen molar-refractivity contribution in [3.63, 3.8) is 0 Å². The molecule has 1 aliphatic rings. The van der Waals surface area contributed by atoms with Crippen LogP contribution in [-0.4, -0.2) is 26.0 Å². The lowest BCUT2D eigenvalue weighted by molar-refractivity contribution is 0.205. The first kappa shape index (κ1) is 15.1. The second-order valence-electron chi connectivity index (χ2n) is 6.45. The molecule has 1 aliphatic heterocycles. The van der Waals surface area contributed by atoms with Crippen LogP contribution in [0.15, 0.2) is 34.7 Å². The molecule has 3 aromatic rings. The van der Waals surface area contributed by atoms with E-state index in [1.807, 2.05) is 37.3 Å². The zero-order valence-corrected chi connectivity index (χ0v) is 14.4. The molecule has 124 valence electrons. The van der Waals surface area contributed by atoms with Gasteiger partial charge in [-0.3, -0.25) is 4.90 Å². The van der Waals surface area contributed by atoms with E-state index in [9.17, 15) is 0 Å². The fourth-order valence-corrected chi connectivity index (χ4v) is 3.29. The van der Waals surface area contributed by atoms with Crippen molar-refractivity contribution in [3.8, 4) is 11.5 Å². The highest BCUT2D eigenvalue weighted by atomic mass is 16.4. The second kappa shape index (κ2) is 5.91. The molecule has 0 aliphatic carbocycles. The lowest BCUT2D eigenvalue weighted by atomic mass is 10.2. The van der Waals surface area contributed by atoms with E-state index >= 15 is 0 Å². The molecule has 0 saturated heterocycles. The standard InChI is InChI=1S/C19H22N4O/c1-13-14(2)23-10-9-22(12-18(23)20-13)11-17-15(3)24-19(21-17)16-7-5-4-6-8-16/h4-8H,9-12H2,1-3H3. The van der Waals surface area contributed by atoms with Gasteiger partial charge in [-0.05, 0) is 32.9 Å². The average molecular weight is 322 g/mol. The summed E-state index contributed by atoms with van der Waals surface area (Å²) in [6, 6.07) is 10.1. The summed E-state index contributed by atoms with van der Waals surface area (Å²) in [5, 5.41) is 0. The molecule has 24 heavy (non-hydrogen) atoms. The summed E-state index contributed by atoms with van der Waals surface area (Å²) in [4.78, 5) is 11.8. The quantitative estimate of drug-likeness (QED) is 0.741. The Morgan fingerprint density at radius 2 is 1.83 bits per heavy atom. The molecule has 0 atom stereocenters. The van der Waals surface area contributed by atoms with Crippen molar-refractivity contribution in [1.29, 1.82) is 0 Å². The van der Waals surface area contributed by atoms with Crippen molar-refractivity contribution in [3.05, 3.63) is 59.0 Å². The number of imidazole rings is 1. The minimum Gasteiger partial charge on any atom is -0.441 e. The van der Waals surface area contributed by atoms with Gasteiger partial charge in [0.1, 0.15) is 11.6 Å². The monoisotopic (exact) mass is 322 g/mol. The Morgan fingerprint density at radius 3 is 2.62 bits per heavy atom. The van der Waals surface area contributed by atoms with Gasteiger partial charge in [0, 0.05) is 30.9 Å². The maximum atomic E-state index is 5.88. The number of hydrogen-bond acceptors (Lipinski definition) is 4. The molecule has 5 heteroatoms. The average Bonchev–Trinajstić information content (AvgIpc) is 3.09. The van der Waals surface area contributed by atoms with E-state index in [0.717, 1.165) is 54.7 Å². The SMILES string of the molecule is Cc1nc2n(c1C)CCN(Cc1nc(-c3ccccc3)oc1C)C2. The number of aryl methyl sites for hydroxylation is 2. The van der Waals surface area contributed by atoms with Crippen molar-refractivity contribution < 1.29 is 4.42 Å². The lowest BCUT2D eigenvalue weighted by Gasteiger charge is -2.27. The number of benzene rings is 1. The molecular formula is C19H22N4O. The fourth-order valence-electron chi connectivity index (χ4n) is 3.29. The van der Waals surface area contributed by atoms with Crippen LogP contribution in [0, 0.1) is 20.8 Å². The van der Waals surface area contributed by atoms with Crippen molar-refractivity contribution >= 4 is 0 Å². The Kier molecular flexibility index (Phi) is 3.73. The summed E-state index contributed by atoms with van der Waals surface area (Å²) in [6.07, 6.45) is 0. The molecule has 5 nitrogen and oxygen atoms in total. The van der Waals surface area contributed by atoms with Crippen LogP contribution in [0.1, 0.15) is 28.7 Å². The van der Waals surface area contributed by atoms with Gasteiger partial charge in [0.05, 0.1) is 17.9 Å². The summed E-state index contributed by atoms with van der Waals surface area (Å²) in [7, 11) is 0. The number of nitrogens with zero attached hydrogens (tertiary/aromatic N) is 4. The van der Waals surface area contributed by atoms with E-state index in [4.69, 9.17) is 14.4 Å². The minimum absolute atomic E-state index is 0.702. The van der Waals surface area contributed by atoms with Gasteiger partial charge in [0.2, 0.25) is 5.89 Å². The highest BCUT2D eigenvalue weighted by Crippen LogP contribution is 2.24. The molecule has 0 amide bonds. The topological polar surface area (TPSA) is 47.1 Å². The number of hydrogen-bond donors (Lipinski definition) is 0. The van der Waals surface area contributed by atoms with Crippen LogP contribution >= 0.6 is 0 Å². The third kappa shape index (κ3) is 2.65. The summed E-state index contributed by atoms with van der Waals surface area (Å²) in [5.74, 6) is 2.75. The molecular weight excluding hydrogens is 300 g/mol. The maximum absolute atomic E-state index is 5.88. The first-order chi connectivity index (χ1) is 11.6. The highest BCUT2D eigenvalue weighted by Gasteiger charge is 2.22. The van der Waals surface area contributed by atoms with E-state index in [1.165, 1.54) is 5.69 Å². The van der Waals surface area contributed by atoms with Gasteiger partial charge >= 0.3 is 0 Å². The minimum atomic E-state index is 0.702. The van der Waals surface area contributed by atoms with Crippen molar-refractivity contribution in [2.24, 2.45) is 0 Å². The smallest absolute Gasteiger partial charge is 0.226 e. The van der Waals surface area contributed by atoms with Crippen LogP contribution in [0.5, 0.6) is 0 Å². The summed E-state index contributed by atoms with van der Waals surface area (Å²) >= 11 is 0. The normalized spacial score (nSPS) is 14.8. The Morgan fingerprint density at radius 1 is 1.04 bits per heavy atom. The molecule has 0 radical (unpaired) electrons. The van der Waals surface area contributed by atoms with Gasteiger partial charge in [-0.25, -0.2) is 9.97 Å². The van der Waals surface area contributed by atoms with E-state index in [1.54, 1.807) is 0 Å². The lowest BCUT2D eigenvalue weighted by Crippen LogP contribution is -2.34. The molecule has 0 fully saturated rings. The summed E-state index contributed by atoms with van der Waals surface area (Å²) in [6.45, 7) is 9.89. The van der Waals surface area contributed by atoms with Crippen LogP contribution in [0.3, 0.4) is 0 Å². The first-order valence-electron chi connectivity index (χ1n) is 8.38.